The average molecular weight is 281 g/mol. The van der Waals surface area contributed by atoms with Gasteiger partial charge in [-0.25, -0.2) is 4.79 Å². The van der Waals surface area contributed by atoms with Crippen molar-refractivity contribution in [3.8, 4) is 5.75 Å². The van der Waals surface area contributed by atoms with Gasteiger partial charge in [0.1, 0.15) is 5.75 Å². The first-order valence-corrected chi connectivity index (χ1v) is 6.36. The molecule has 0 aliphatic rings. The van der Waals surface area contributed by atoms with Crippen LogP contribution in [0, 0.1) is 0 Å². The lowest BCUT2D eigenvalue weighted by Crippen LogP contribution is -2.48. The van der Waals surface area contributed by atoms with Gasteiger partial charge in [0, 0.05) is 0 Å². The second kappa shape index (κ2) is 7.49. The highest BCUT2D eigenvalue weighted by Crippen LogP contribution is 2.12. The first-order valence-electron chi connectivity index (χ1n) is 6.36. The lowest BCUT2D eigenvalue weighted by molar-refractivity contribution is -0.144. The number of carboxylic acids is 1. The summed E-state index contributed by atoms with van der Waals surface area (Å²) in [6, 6.07) is 5.67. The summed E-state index contributed by atoms with van der Waals surface area (Å²) in [5.41, 5.74) is 0.737. The average Bonchev–Trinajstić information content (AvgIpc) is 2.38. The molecule has 1 rings (SSSR count). The third kappa shape index (κ3) is 4.89. The largest absolute Gasteiger partial charge is 0.494 e. The van der Waals surface area contributed by atoms with Gasteiger partial charge in [0.05, 0.1) is 19.1 Å². The van der Waals surface area contributed by atoms with Crippen molar-refractivity contribution in [1.29, 1.82) is 0 Å². The fourth-order valence-electron chi connectivity index (χ4n) is 1.67. The van der Waals surface area contributed by atoms with Gasteiger partial charge in [0.25, 0.3) is 0 Å². The normalized spacial score (nSPS) is 13.3. The number of carbonyl (C=O) groups is 2. The molecule has 0 bridgehead atoms. The Morgan fingerprint density at radius 3 is 2.35 bits per heavy atom. The Balaban J connectivity index is 2.59. The highest BCUT2D eigenvalue weighted by Gasteiger charge is 2.24. The van der Waals surface area contributed by atoms with Crippen molar-refractivity contribution in [2.75, 3.05) is 6.61 Å². The van der Waals surface area contributed by atoms with Gasteiger partial charge >= 0.3 is 5.97 Å². The zero-order valence-electron chi connectivity index (χ0n) is 11.5. The maximum atomic E-state index is 11.7. The zero-order chi connectivity index (χ0) is 15.1. The maximum Gasteiger partial charge on any atom is 0.328 e. The molecule has 2 atom stereocenters. The molecular weight excluding hydrogens is 262 g/mol. The summed E-state index contributed by atoms with van der Waals surface area (Å²) in [6.07, 6.45) is -1.11. The Morgan fingerprint density at radius 2 is 1.90 bits per heavy atom. The van der Waals surface area contributed by atoms with Crippen molar-refractivity contribution in [3.05, 3.63) is 29.8 Å². The molecule has 1 aromatic carbocycles. The van der Waals surface area contributed by atoms with E-state index in [2.05, 4.69) is 5.32 Å². The fraction of sp³-hybridized carbons (Fsp3) is 0.429. The van der Waals surface area contributed by atoms with Gasteiger partial charge < -0.3 is 20.3 Å². The van der Waals surface area contributed by atoms with E-state index in [1.54, 1.807) is 24.3 Å². The minimum absolute atomic E-state index is 0.0445. The second-order valence-electron chi connectivity index (χ2n) is 4.38. The molecule has 6 heteroatoms. The number of hydrogen-bond acceptors (Lipinski definition) is 4. The van der Waals surface area contributed by atoms with Gasteiger partial charge in [-0.1, -0.05) is 12.1 Å². The molecule has 0 saturated carbocycles. The molecule has 6 nitrogen and oxygen atoms in total. The number of carboxylic acid groups (broad SMARTS) is 1. The van der Waals surface area contributed by atoms with Crippen LogP contribution in [0.25, 0.3) is 0 Å². The number of aliphatic hydroxyl groups is 1. The molecule has 110 valence electrons. The van der Waals surface area contributed by atoms with E-state index in [0.29, 0.717) is 12.4 Å². The van der Waals surface area contributed by atoms with E-state index in [-0.39, 0.29) is 6.42 Å². The Hall–Kier alpha value is -2.08. The molecule has 0 heterocycles. The van der Waals surface area contributed by atoms with E-state index >= 15 is 0 Å². The summed E-state index contributed by atoms with van der Waals surface area (Å²) in [4.78, 5) is 22.6. The molecule has 0 saturated heterocycles. The van der Waals surface area contributed by atoms with Crippen LogP contribution >= 0.6 is 0 Å². The predicted octanol–water partition coefficient (Wildman–Crippen LogP) is 0.578. The Labute approximate surface area is 117 Å². The smallest absolute Gasteiger partial charge is 0.328 e. The predicted molar refractivity (Wildman–Crippen MR) is 72.6 cm³/mol. The van der Waals surface area contributed by atoms with Gasteiger partial charge in [0.2, 0.25) is 5.91 Å². The highest BCUT2D eigenvalue weighted by molar-refractivity contribution is 5.85. The molecular formula is C14H19NO5. The Bertz CT molecular complexity index is 455. The second-order valence-corrected chi connectivity index (χ2v) is 4.38. The fourth-order valence-corrected chi connectivity index (χ4v) is 1.67. The van der Waals surface area contributed by atoms with Gasteiger partial charge in [-0.15, -0.1) is 0 Å². The Morgan fingerprint density at radius 1 is 1.30 bits per heavy atom. The van der Waals surface area contributed by atoms with Gasteiger partial charge in [-0.05, 0) is 31.5 Å². The molecule has 0 radical (unpaired) electrons. The van der Waals surface area contributed by atoms with Gasteiger partial charge in [0.15, 0.2) is 6.04 Å². The number of nitrogens with one attached hydrogen (secondary N) is 1. The van der Waals surface area contributed by atoms with E-state index in [9.17, 15) is 14.7 Å². The van der Waals surface area contributed by atoms with Crippen molar-refractivity contribution in [2.24, 2.45) is 0 Å². The van der Waals surface area contributed by atoms with E-state index in [4.69, 9.17) is 9.84 Å². The topological polar surface area (TPSA) is 95.9 Å². The van der Waals surface area contributed by atoms with Crippen molar-refractivity contribution in [2.45, 2.75) is 32.4 Å². The van der Waals surface area contributed by atoms with E-state index < -0.39 is 24.0 Å². The van der Waals surface area contributed by atoms with Crippen LogP contribution < -0.4 is 10.1 Å². The van der Waals surface area contributed by atoms with Crippen LogP contribution in [-0.4, -0.2) is 40.8 Å². The molecule has 0 unspecified atom stereocenters. The standard InChI is InChI=1S/C14H19NO5/c1-3-20-11-6-4-10(5-7-11)8-12(17)15-13(9(2)16)14(18)19/h4-7,9,13,16H,3,8H2,1-2H3,(H,15,17)(H,18,19)/t9-,13+/m1/s1. The molecule has 1 amide bonds. The maximum absolute atomic E-state index is 11.7. The number of benzene rings is 1. The summed E-state index contributed by atoms with van der Waals surface area (Å²) in [5, 5.41) is 20.4. The van der Waals surface area contributed by atoms with Crippen molar-refractivity contribution in [1.82, 2.24) is 5.32 Å². The summed E-state index contributed by atoms with van der Waals surface area (Å²) in [7, 11) is 0. The summed E-state index contributed by atoms with van der Waals surface area (Å²) in [6.45, 7) is 3.76. The van der Waals surface area contributed by atoms with Crippen LogP contribution in [0.3, 0.4) is 0 Å². The summed E-state index contributed by atoms with van der Waals surface area (Å²) in [5.74, 6) is -1.01. The highest BCUT2D eigenvalue weighted by atomic mass is 16.5. The van der Waals surface area contributed by atoms with Crippen molar-refractivity contribution in [3.63, 3.8) is 0 Å². The first kappa shape index (κ1) is 16.0. The van der Waals surface area contributed by atoms with Crippen LogP contribution in [0.1, 0.15) is 19.4 Å². The number of hydrogen-bond donors (Lipinski definition) is 3. The van der Waals surface area contributed by atoms with Crippen LogP contribution in [-0.2, 0) is 16.0 Å². The Kier molecular flexibility index (Phi) is 5.99. The number of aliphatic carboxylic acids is 1. The number of carbonyl (C=O) groups excluding carboxylic acids is 1. The summed E-state index contributed by atoms with van der Waals surface area (Å²) < 4.78 is 5.28. The molecule has 0 aromatic heterocycles. The molecule has 0 aliphatic heterocycles. The molecule has 0 aliphatic carbocycles. The first-order chi connectivity index (χ1) is 9.43. The monoisotopic (exact) mass is 281 g/mol. The lowest BCUT2D eigenvalue weighted by atomic mass is 10.1. The van der Waals surface area contributed by atoms with E-state index in [0.717, 1.165) is 5.56 Å². The van der Waals surface area contributed by atoms with E-state index in [1.165, 1.54) is 6.92 Å². The lowest BCUT2D eigenvalue weighted by Gasteiger charge is -2.17. The molecule has 0 spiro atoms. The van der Waals surface area contributed by atoms with Crippen LogP contribution in [0.15, 0.2) is 24.3 Å². The zero-order valence-corrected chi connectivity index (χ0v) is 11.5. The quantitative estimate of drug-likeness (QED) is 0.679. The molecule has 3 N–H and O–H groups in total. The SMILES string of the molecule is CCOc1ccc(CC(=O)N[C@H](C(=O)O)[C@@H](C)O)cc1. The van der Waals surface area contributed by atoms with Crippen molar-refractivity contribution < 1.29 is 24.5 Å². The molecule has 0 fully saturated rings. The third-order valence-electron chi connectivity index (χ3n) is 2.66. The minimum atomic E-state index is -1.30. The number of ether oxygens (including phenoxy) is 1. The van der Waals surface area contributed by atoms with Crippen LogP contribution in [0.2, 0.25) is 0 Å². The van der Waals surface area contributed by atoms with Gasteiger partial charge in [-0.3, -0.25) is 4.79 Å². The minimum Gasteiger partial charge on any atom is -0.494 e. The third-order valence-corrected chi connectivity index (χ3v) is 2.66. The van der Waals surface area contributed by atoms with Crippen LogP contribution in [0.5, 0.6) is 5.75 Å². The number of rotatable bonds is 7. The molecule has 1 aromatic rings. The molecule has 20 heavy (non-hydrogen) atoms. The van der Waals surface area contributed by atoms with Crippen LogP contribution in [0.4, 0.5) is 0 Å². The number of amides is 1. The van der Waals surface area contributed by atoms with E-state index in [1.807, 2.05) is 6.92 Å². The summed E-state index contributed by atoms with van der Waals surface area (Å²) >= 11 is 0. The van der Waals surface area contributed by atoms with Crippen molar-refractivity contribution >= 4 is 11.9 Å². The number of aliphatic hydroxyl groups excluding tert-OH is 1. The van der Waals surface area contributed by atoms with Gasteiger partial charge in [-0.2, -0.15) is 0 Å².